The lowest BCUT2D eigenvalue weighted by molar-refractivity contribution is 0.0698. The van der Waals surface area contributed by atoms with E-state index in [1.807, 2.05) is 55.5 Å². The molecule has 0 saturated heterocycles. The zero-order valence-corrected chi connectivity index (χ0v) is 22.8. The molecule has 6 rings (SSSR count). The van der Waals surface area contributed by atoms with Crippen LogP contribution in [-0.4, -0.2) is 37.4 Å². The highest BCUT2D eigenvalue weighted by molar-refractivity contribution is 6.05. The first-order valence-electron chi connectivity index (χ1n) is 13.0. The van der Waals surface area contributed by atoms with Crippen LogP contribution in [0.3, 0.4) is 0 Å². The number of hydrogen-bond acceptors (Lipinski definition) is 9. The summed E-state index contributed by atoms with van der Waals surface area (Å²) in [6.45, 7) is 5.74. The van der Waals surface area contributed by atoms with E-state index in [0.29, 0.717) is 40.2 Å². The van der Waals surface area contributed by atoms with Crippen LogP contribution in [0.15, 0.2) is 77.5 Å². The second-order valence-corrected chi connectivity index (χ2v) is 9.54. The second-order valence-electron chi connectivity index (χ2n) is 9.54. The molecular formula is C30H24N4O8. The van der Waals surface area contributed by atoms with Gasteiger partial charge in [0.2, 0.25) is 0 Å². The highest BCUT2D eigenvalue weighted by Gasteiger charge is 2.26. The Balaban J connectivity index is 1.44. The predicted octanol–water partition coefficient (Wildman–Crippen LogP) is 5.02. The minimum atomic E-state index is -1.17. The van der Waals surface area contributed by atoms with E-state index in [0.717, 1.165) is 16.7 Å². The fourth-order valence-electron chi connectivity index (χ4n) is 5.05. The number of H-pyrrole nitrogens is 1. The Morgan fingerprint density at radius 3 is 2.38 bits per heavy atom. The number of aryl methyl sites for hydroxylation is 2. The summed E-state index contributed by atoms with van der Waals surface area (Å²) in [6.07, 6.45) is 0. The average Bonchev–Trinajstić information content (AvgIpc) is 3.66. The molecule has 6 aromatic rings. The molecule has 0 aliphatic heterocycles. The van der Waals surface area contributed by atoms with Crippen LogP contribution in [-0.2, 0) is 6.54 Å². The summed E-state index contributed by atoms with van der Waals surface area (Å²) in [5.74, 6) is -1.97. The SMILES string of the molecule is CCOc1nc2c(C)c(-c3oc(=O)oc3C)cc(C(=O)O)c2n1Cc1ccc(-c2ccccc2-c2noc(=O)[nH]2)cc1. The van der Waals surface area contributed by atoms with Crippen molar-refractivity contribution in [2.75, 3.05) is 6.61 Å². The molecule has 0 bridgehead atoms. The van der Waals surface area contributed by atoms with Crippen molar-refractivity contribution in [2.45, 2.75) is 27.3 Å². The third-order valence-electron chi connectivity index (χ3n) is 6.95. The highest BCUT2D eigenvalue weighted by Crippen LogP contribution is 2.37. The van der Waals surface area contributed by atoms with Crippen molar-refractivity contribution >= 4 is 17.0 Å². The Hall–Kier alpha value is -5.65. The van der Waals surface area contributed by atoms with E-state index < -0.39 is 17.5 Å². The lowest BCUT2D eigenvalue weighted by Crippen LogP contribution is -2.08. The number of fused-ring (bicyclic) bond motifs is 1. The van der Waals surface area contributed by atoms with Crippen LogP contribution in [0, 0.1) is 13.8 Å². The number of nitrogens with one attached hydrogen (secondary N) is 1. The summed E-state index contributed by atoms with van der Waals surface area (Å²) in [4.78, 5) is 43.0. The van der Waals surface area contributed by atoms with Gasteiger partial charge in [0.25, 0.3) is 6.01 Å². The molecule has 12 nitrogen and oxygen atoms in total. The molecule has 0 saturated carbocycles. The van der Waals surface area contributed by atoms with Crippen LogP contribution < -0.4 is 16.3 Å². The third-order valence-corrected chi connectivity index (χ3v) is 6.95. The second kappa shape index (κ2) is 10.4. The van der Waals surface area contributed by atoms with Gasteiger partial charge in [-0.1, -0.05) is 53.7 Å². The molecule has 0 unspecified atom stereocenters. The Bertz CT molecular complexity index is 2080. The molecule has 0 spiro atoms. The van der Waals surface area contributed by atoms with E-state index in [1.165, 1.54) is 6.07 Å². The van der Waals surface area contributed by atoms with E-state index in [9.17, 15) is 19.5 Å². The van der Waals surface area contributed by atoms with Gasteiger partial charge in [0.15, 0.2) is 17.3 Å². The molecule has 2 N–H and O–H groups in total. The topological polar surface area (TPSA) is 167 Å². The van der Waals surface area contributed by atoms with Crippen LogP contribution in [0.25, 0.3) is 44.9 Å². The van der Waals surface area contributed by atoms with Gasteiger partial charge in [-0.15, -0.1) is 0 Å². The highest BCUT2D eigenvalue weighted by atomic mass is 16.6. The number of carboxylic acid groups (broad SMARTS) is 1. The first kappa shape index (κ1) is 26.6. The van der Waals surface area contributed by atoms with Gasteiger partial charge in [0.1, 0.15) is 0 Å². The van der Waals surface area contributed by atoms with Crippen molar-refractivity contribution in [2.24, 2.45) is 0 Å². The van der Waals surface area contributed by atoms with Crippen LogP contribution in [0.2, 0.25) is 0 Å². The smallest absolute Gasteiger partial charge is 0.478 e. The van der Waals surface area contributed by atoms with Crippen molar-refractivity contribution in [3.8, 4) is 39.8 Å². The van der Waals surface area contributed by atoms with Gasteiger partial charge in [-0.3, -0.25) is 14.1 Å². The number of rotatable bonds is 8. The molecular weight excluding hydrogens is 544 g/mol. The van der Waals surface area contributed by atoms with Crippen molar-refractivity contribution in [1.82, 2.24) is 19.7 Å². The van der Waals surface area contributed by atoms with Gasteiger partial charge >= 0.3 is 17.5 Å². The van der Waals surface area contributed by atoms with Crippen molar-refractivity contribution in [1.29, 1.82) is 0 Å². The fourth-order valence-corrected chi connectivity index (χ4v) is 5.05. The lowest BCUT2D eigenvalue weighted by atomic mass is 9.98. The Morgan fingerprint density at radius 1 is 1.02 bits per heavy atom. The summed E-state index contributed by atoms with van der Waals surface area (Å²) >= 11 is 0. The number of ether oxygens (including phenoxy) is 1. The maximum Gasteiger partial charge on any atom is 0.519 e. The first-order chi connectivity index (χ1) is 20.2. The zero-order valence-electron chi connectivity index (χ0n) is 22.8. The standard InChI is InChI=1S/C30H24N4O8/c1-4-39-28-31-23-15(2)21(25-16(3)40-30(38)41-25)13-22(27(35)36)24(23)34(28)14-17-9-11-18(12-10-17)19-7-5-6-8-20(19)26-32-29(37)42-33-26/h5-13H,4,14H2,1-3H3,(H,35,36)(H,32,33,37). The molecule has 3 aromatic heterocycles. The summed E-state index contributed by atoms with van der Waals surface area (Å²) in [7, 11) is 0. The zero-order chi connectivity index (χ0) is 29.5. The molecule has 0 aliphatic carbocycles. The minimum Gasteiger partial charge on any atom is -0.478 e. The van der Waals surface area contributed by atoms with E-state index in [-0.39, 0.29) is 29.6 Å². The molecule has 0 fully saturated rings. The van der Waals surface area contributed by atoms with E-state index in [4.69, 9.17) is 13.6 Å². The summed E-state index contributed by atoms with van der Waals surface area (Å²) in [5.41, 5.74) is 5.05. The normalized spacial score (nSPS) is 11.3. The number of hydrogen-bond donors (Lipinski definition) is 2. The Labute approximate surface area is 236 Å². The van der Waals surface area contributed by atoms with Gasteiger partial charge in [0, 0.05) is 11.1 Å². The maximum absolute atomic E-state index is 12.5. The predicted molar refractivity (Wildman–Crippen MR) is 151 cm³/mol. The quantitative estimate of drug-likeness (QED) is 0.254. The maximum atomic E-state index is 12.5. The number of nitrogens with zero attached hydrogens (tertiary/aromatic N) is 3. The van der Waals surface area contributed by atoms with Crippen LogP contribution in [0.1, 0.15) is 34.2 Å². The monoisotopic (exact) mass is 568 g/mol. The fraction of sp³-hybridized carbons (Fsp3) is 0.167. The lowest BCUT2D eigenvalue weighted by Gasteiger charge is -2.13. The Morgan fingerprint density at radius 2 is 1.76 bits per heavy atom. The first-order valence-corrected chi connectivity index (χ1v) is 13.0. The number of benzene rings is 3. The number of carbonyl (C=O) groups is 1. The summed E-state index contributed by atoms with van der Waals surface area (Å²) < 4.78 is 22.5. The summed E-state index contributed by atoms with van der Waals surface area (Å²) in [6, 6.07) is 16.9. The molecule has 0 aliphatic rings. The Kier molecular flexibility index (Phi) is 6.57. The van der Waals surface area contributed by atoms with Crippen molar-refractivity contribution < 1.29 is 28.0 Å². The van der Waals surface area contributed by atoms with Gasteiger partial charge < -0.3 is 18.7 Å². The molecule has 0 atom stereocenters. The van der Waals surface area contributed by atoms with Crippen LogP contribution in [0.5, 0.6) is 6.01 Å². The number of carboxylic acids is 1. The number of aromatic amines is 1. The van der Waals surface area contributed by atoms with Crippen LogP contribution >= 0.6 is 0 Å². The molecule has 0 amide bonds. The average molecular weight is 569 g/mol. The number of aromatic carboxylic acids is 1. The molecule has 0 radical (unpaired) electrons. The van der Waals surface area contributed by atoms with Gasteiger partial charge in [-0.05, 0) is 49.1 Å². The van der Waals surface area contributed by atoms with Gasteiger partial charge in [0.05, 0.1) is 29.7 Å². The molecule has 212 valence electrons. The van der Waals surface area contributed by atoms with E-state index >= 15 is 0 Å². The van der Waals surface area contributed by atoms with Gasteiger partial charge in [-0.2, -0.15) is 4.98 Å². The number of aromatic nitrogens is 4. The van der Waals surface area contributed by atoms with Crippen molar-refractivity contribution in [3.05, 3.63) is 98.2 Å². The van der Waals surface area contributed by atoms with E-state index in [2.05, 4.69) is 19.6 Å². The molecule has 3 aromatic carbocycles. The van der Waals surface area contributed by atoms with Gasteiger partial charge in [-0.25, -0.2) is 14.4 Å². The largest absolute Gasteiger partial charge is 0.519 e. The molecule has 12 heteroatoms. The minimum absolute atomic E-state index is 0.0283. The molecule has 3 heterocycles. The van der Waals surface area contributed by atoms with E-state index in [1.54, 1.807) is 18.4 Å². The van der Waals surface area contributed by atoms with Crippen molar-refractivity contribution in [3.63, 3.8) is 0 Å². The van der Waals surface area contributed by atoms with Crippen LogP contribution in [0.4, 0.5) is 0 Å². The summed E-state index contributed by atoms with van der Waals surface area (Å²) in [5, 5.41) is 14.0. The number of imidazole rings is 1. The molecule has 42 heavy (non-hydrogen) atoms. The third kappa shape index (κ3) is 4.58.